The first-order valence-electron chi connectivity index (χ1n) is 6.47. The lowest BCUT2D eigenvalue weighted by molar-refractivity contribution is 0.567. The van der Waals surface area contributed by atoms with Crippen molar-refractivity contribution >= 4 is 6.08 Å². The Bertz CT molecular complexity index is 782. The third kappa shape index (κ3) is 3.18. The number of aromatic nitrogens is 2. The van der Waals surface area contributed by atoms with Crippen LogP contribution in [0.25, 0.3) is 17.2 Å². The molecule has 0 amide bonds. The summed E-state index contributed by atoms with van der Waals surface area (Å²) in [6.45, 7) is 1.89. The van der Waals surface area contributed by atoms with E-state index in [1.54, 1.807) is 12.3 Å². The molecule has 0 spiro atoms. The van der Waals surface area contributed by atoms with Crippen LogP contribution in [0.15, 0.2) is 35.4 Å². The number of rotatable bonds is 3. The Balaban J connectivity index is 2.71. The fourth-order valence-corrected chi connectivity index (χ4v) is 1.97. The second kappa shape index (κ2) is 6.06. The lowest BCUT2D eigenvalue weighted by atomic mass is 10.0. The Kier molecular flexibility index (Phi) is 4.19. The molecule has 1 N–H and O–H groups in total. The molecule has 106 valence electrons. The van der Waals surface area contributed by atoms with E-state index in [0.717, 1.165) is 16.8 Å². The van der Waals surface area contributed by atoms with E-state index >= 15 is 0 Å². The molecule has 5 heteroatoms. The average Bonchev–Trinajstić information content (AvgIpc) is 2.46. The Morgan fingerprint density at radius 3 is 2.76 bits per heavy atom. The average molecular weight is 280 g/mol. The third-order valence-corrected chi connectivity index (χ3v) is 3.03. The van der Waals surface area contributed by atoms with E-state index in [-0.39, 0.29) is 11.1 Å². The fourth-order valence-electron chi connectivity index (χ4n) is 1.97. The van der Waals surface area contributed by atoms with Crippen LogP contribution in [0, 0.1) is 18.3 Å². The van der Waals surface area contributed by atoms with Gasteiger partial charge in [0.25, 0.3) is 5.56 Å². The highest BCUT2D eigenvalue weighted by molar-refractivity contribution is 5.75. The van der Waals surface area contributed by atoms with Gasteiger partial charge in [-0.1, -0.05) is 6.07 Å². The SMILES string of the molecule is Cc1ncccc1-c1cc(C#N)c(=O)[nH]c1C=CN(C)C. The normalized spacial score (nSPS) is 10.6. The number of hydrogen-bond acceptors (Lipinski definition) is 4. The van der Waals surface area contributed by atoms with Crippen molar-refractivity contribution in [1.29, 1.82) is 5.26 Å². The number of H-pyrrole nitrogens is 1. The molecule has 0 aromatic carbocycles. The minimum Gasteiger partial charge on any atom is -0.383 e. The van der Waals surface area contributed by atoms with Crippen molar-refractivity contribution in [2.45, 2.75) is 6.92 Å². The molecule has 0 saturated carbocycles. The summed E-state index contributed by atoms with van der Waals surface area (Å²) in [7, 11) is 3.79. The molecule has 2 heterocycles. The van der Waals surface area contributed by atoms with Crippen LogP contribution in [0.5, 0.6) is 0 Å². The van der Waals surface area contributed by atoms with E-state index < -0.39 is 0 Å². The molecule has 0 unspecified atom stereocenters. The molecular weight excluding hydrogens is 264 g/mol. The Morgan fingerprint density at radius 1 is 1.38 bits per heavy atom. The molecule has 0 fully saturated rings. The fraction of sp³-hybridized carbons (Fsp3) is 0.188. The van der Waals surface area contributed by atoms with Gasteiger partial charge in [-0.05, 0) is 25.1 Å². The van der Waals surface area contributed by atoms with E-state index in [0.29, 0.717) is 5.69 Å². The van der Waals surface area contributed by atoms with Crippen LogP contribution in [0.1, 0.15) is 17.0 Å². The molecule has 0 saturated heterocycles. The lowest BCUT2D eigenvalue weighted by Crippen LogP contribution is -2.12. The van der Waals surface area contributed by atoms with Gasteiger partial charge in [-0.3, -0.25) is 9.78 Å². The van der Waals surface area contributed by atoms with Gasteiger partial charge in [0.05, 0.1) is 5.69 Å². The van der Waals surface area contributed by atoms with Crippen molar-refractivity contribution in [3.63, 3.8) is 0 Å². The standard InChI is InChI=1S/C16H16N4O/c1-11-13(5-4-7-18-11)14-9-12(10-17)16(21)19-15(14)6-8-20(2)3/h4-9H,1-3H3,(H,19,21). The maximum Gasteiger partial charge on any atom is 0.266 e. The van der Waals surface area contributed by atoms with Gasteiger partial charge in [0, 0.05) is 43.3 Å². The van der Waals surface area contributed by atoms with Crippen LogP contribution in [0.4, 0.5) is 0 Å². The van der Waals surface area contributed by atoms with Gasteiger partial charge >= 0.3 is 0 Å². The van der Waals surface area contributed by atoms with E-state index in [4.69, 9.17) is 5.26 Å². The molecule has 0 aliphatic rings. The molecule has 0 bridgehead atoms. The second-order valence-electron chi connectivity index (χ2n) is 4.87. The topological polar surface area (TPSA) is 72.8 Å². The zero-order chi connectivity index (χ0) is 15.4. The smallest absolute Gasteiger partial charge is 0.266 e. The van der Waals surface area contributed by atoms with Gasteiger partial charge in [-0.25, -0.2) is 0 Å². The van der Waals surface area contributed by atoms with E-state index in [1.807, 2.05) is 56.4 Å². The van der Waals surface area contributed by atoms with Gasteiger partial charge in [-0.15, -0.1) is 0 Å². The zero-order valence-corrected chi connectivity index (χ0v) is 12.2. The quantitative estimate of drug-likeness (QED) is 0.935. The summed E-state index contributed by atoms with van der Waals surface area (Å²) in [5.74, 6) is 0. The highest BCUT2D eigenvalue weighted by Gasteiger charge is 2.11. The highest BCUT2D eigenvalue weighted by atomic mass is 16.1. The molecular formula is C16H16N4O. The summed E-state index contributed by atoms with van der Waals surface area (Å²) in [5, 5.41) is 9.06. The Labute approximate surface area is 123 Å². The third-order valence-electron chi connectivity index (χ3n) is 3.03. The largest absolute Gasteiger partial charge is 0.383 e. The number of nitriles is 1. The highest BCUT2D eigenvalue weighted by Crippen LogP contribution is 2.25. The maximum absolute atomic E-state index is 11.8. The van der Waals surface area contributed by atoms with Crippen molar-refractivity contribution in [2.24, 2.45) is 0 Å². The number of hydrogen-bond donors (Lipinski definition) is 1. The zero-order valence-electron chi connectivity index (χ0n) is 12.2. The minimum atomic E-state index is -0.388. The summed E-state index contributed by atoms with van der Waals surface area (Å²) in [6.07, 6.45) is 5.36. The molecule has 2 rings (SSSR count). The van der Waals surface area contributed by atoms with E-state index in [9.17, 15) is 4.79 Å². The van der Waals surface area contributed by atoms with Crippen LogP contribution in [-0.2, 0) is 0 Å². The van der Waals surface area contributed by atoms with Crippen molar-refractivity contribution < 1.29 is 0 Å². The summed E-state index contributed by atoms with van der Waals surface area (Å²) in [6, 6.07) is 7.28. The molecule has 21 heavy (non-hydrogen) atoms. The van der Waals surface area contributed by atoms with Crippen LogP contribution in [0.3, 0.4) is 0 Å². The molecule has 0 atom stereocenters. The van der Waals surface area contributed by atoms with E-state index in [1.165, 1.54) is 0 Å². The summed E-state index contributed by atoms with van der Waals surface area (Å²) >= 11 is 0. The number of aryl methyl sites for hydroxylation is 1. The number of nitrogens with zero attached hydrogens (tertiary/aromatic N) is 3. The van der Waals surface area contributed by atoms with Crippen molar-refractivity contribution in [1.82, 2.24) is 14.9 Å². The molecule has 0 aliphatic heterocycles. The van der Waals surface area contributed by atoms with Crippen molar-refractivity contribution in [2.75, 3.05) is 14.1 Å². The number of nitrogens with one attached hydrogen (secondary N) is 1. The van der Waals surface area contributed by atoms with Crippen molar-refractivity contribution in [3.8, 4) is 17.2 Å². The Morgan fingerprint density at radius 2 is 2.14 bits per heavy atom. The van der Waals surface area contributed by atoms with Crippen LogP contribution < -0.4 is 5.56 Å². The predicted molar refractivity (Wildman–Crippen MR) is 82.5 cm³/mol. The molecule has 5 nitrogen and oxygen atoms in total. The molecule has 0 aliphatic carbocycles. The first-order valence-corrected chi connectivity index (χ1v) is 6.47. The summed E-state index contributed by atoms with van der Waals surface area (Å²) in [4.78, 5) is 20.7. The first kappa shape index (κ1) is 14.5. The van der Waals surface area contributed by atoms with Gasteiger partial charge < -0.3 is 9.88 Å². The van der Waals surface area contributed by atoms with Gasteiger partial charge in [0.2, 0.25) is 0 Å². The van der Waals surface area contributed by atoms with Gasteiger partial charge in [0.1, 0.15) is 11.6 Å². The molecule has 2 aromatic rings. The summed E-state index contributed by atoms with van der Waals surface area (Å²) < 4.78 is 0. The van der Waals surface area contributed by atoms with Gasteiger partial charge in [-0.2, -0.15) is 5.26 Å². The van der Waals surface area contributed by atoms with Crippen LogP contribution >= 0.6 is 0 Å². The lowest BCUT2D eigenvalue weighted by Gasteiger charge is -2.10. The van der Waals surface area contributed by atoms with Crippen LogP contribution in [-0.4, -0.2) is 29.0 Å². The predicted octanol–water partition coefficient (Wildman–Crippen LogP) is 2.15. The van der Waals surface area contributed by atoms with Crippen molar-refractivity contribution in [3.05, 3.63) is 57.9 Å². The molecule has 0 radical (unpaired) electrons. The van der Waals surface area contributed by atoms with Gasteiger partial charge in [0.15, 0.2) is 0 Å². The first-order chi connectivity index (χ1) is 10.0. The van der Waals surface area contributed by atoms with E-state index in [2.05, 4.69) is 9.97 Å². The minimum absolute atomic E-state index is 0.0928. The maximum atomic E-state index is 11.8. The van der Waals surface area contributed by atoms with Crippen LogP contribution in [0.2, 0.25) is 0 Å². The Hall–Kier alpha value is -2.87. The number of pyridine rings is 2. The number of aromatic amines is 1. The monoisotopic (exact) mass is 280 g/mol. The molecule has 2 aromatic heterocycles. The second-order valence-corrected chi connectivity index (χ2v) is 4.87. The summed E-state index contributed by atoms with van der Waals surface area (Å²) in [5.41, 5.74) is 2.88.